The average molecular weight is 233 g/mol. The molecule has 1 aromatic rings. The average Bonchev–Trinajstić information content (AvgIpc) is 2.67. The van der Waals surface area contributed by atoms with E-state index in [1.165, 1.54) is 24.8 Å². The number of hydrogen-bond donors (Lipinski definition) is 0. The first-order valence-corrected chi connectivity index (χ1v) is 5.64. The quantitative estimate of drug-likeness (QED) is 0.604. The zero-order valence-corrected chi connectivity index (χ0v) is 8.97. The predicted octanol–water partition coefficient (Wildman–Crippen LogP) is 2.61. The number of fused-ring (bicyclic) bond motifs is 5. The number of hydrogen-bond acceptors (Lipinski definition) is 0. The fraction of sp³-hybridized carbons (Fsp3) is 0.455. The highest BCUT2D eigenvalue weighted by Crippen LogP contribution is 2.52. The zero-order valence-electron chi connectivity index (χ0n) is 7.39. The van der Waals surface area contributed by atoms with Crippen LogP contribution in [0.2, 0.25) is 0 Å². The maximum absolute atomic E-state index is 5.88. The summed E-state index contributed by atoms with van der Waals surface area (Å²) in [5, 5.41) is 0. The molecule has 2 bridgehead atoms. The predicted molar refractivity (Wildman–Crippen MR) is 58.9 cm³/mol. The van der Waals surface area contributed by atoms with Gasteiger partial charge in [-0.05, 0) is 48.3 Å². The number of halogens is 1. The van der Waals surface area contributed by atoms with Crippen LogP contribution in [0.15, 0.2) is 16.6 Å². The SMILES string of the molecule is [B]c1cc2c(cc1Br)C1CCC2C1. The molecule has 0 spiro atoms. The van der Waals surface area contributed by atoms with Crippen molar-refractivity contribution in [2.45, 2.75) is 31.1 Å². The third-order valence-corrected chi connectivity index (χ3v) is 4.20. The van der Waals surface area contributed by atoms with E-state index in [0.29, 0.717) is 0 Å². The summed E-state index contributed by atoms with van der Waals surface area (Å²) in [4.78, 5) is 0. The minimum Gasteiger partial charge on any atom is -0.0824 e. The number of benzene rings is 1. The summed E-state index contributed by atoms with van der Waals surface area (Å²) in [5.41, 5.74) is 3.97. The van der Waals surface area contributed by atoms with Gasteiger partial charge in [-0.15, -0.1) is 0 Å². The topological polar surface area (TPSA) is 0 Å². The molecule has 2 aliphatic rings. The fourth-order valence-electron chi connectivity index (χ4n) is 2.88. The van der Waals surface area contributed by atoms with Crippen LogP contribution < -0.4 is 5.46 Å². The van der Waals surface area contributed by atoms with Gasteiger partial charge in [0.25, 0.3) is 0 Å². The molecule has 1 fully saturated rings. The summed E-state index contributed by atoms with van der Waals surface area (Å²) in [6, 6.07) is 4.40. The molecule has 0 aliphatic heterocycles. The highest BCUT2D eigenvalue weighted by molar-refractivity contribution is 9.10. The minimum absolute atomic E-state index is 0.815. The maximum atomic E-state index is 5.88. The van der Waals surface area contributed by atoms with E-state index in [-0.39, 0.29) is 0 Å². The van der Waals surface area contributed by atoms with Crippen LogP contribution in [0.25, 0.3) is 0 Å². The lowest BCUT2D eigenvalue weighted by atomic mass is 9.86. The molecule has 1 aromatic carbocycles. The summed E-state index contributed by atoms with van der Waals surface area (Å²) in [7, 11) is 5.88. The Balaban J connectivity index is 2.22. The van der Waals surface area contributed by atoms with Crippen molar-refractivity contribution in [1.82, 2.24) is 0 Å². The van der Waals surface area contributed by atoms with E-state index in [4.69, 9.17) is 7.85 Å². The molecular weight excluding hydrogens is 223 g/mol. The van der Waals surface area contributed by atoms with Crippen molar-refractivity contribution in [3.8, 4) is 0 Å². The van der Waals surface area contributed by atoms with Crippen molar-refractivity contribution in [2.75, 3.05) is 0 Å². The van der Waals surface area contributed by atoms with Gasteiger partial charge < -0.3 is 0 Å². The van der Waals surface area contributed by atoms with Crippen molar-refractivity contribution in [2.24, 2.45) is 0 Å². The molecule has 0 saturated heterocycles. The summed E-state index contributed by atoms with van der Waals surface area (Å²) >= 11 is 3.50. The van der Waals surface area contributed by atoms with Crippen LogP contribution in [0.1, 0.15) is 42.2 Å². The van der Waals surface area contributed by atoms with Gasteiger partial charge in [0.05, 0.1) is 0 Å². The van der Waals surface area contributed by atoms with Crippen LogP contribution in [0.4, 0.5) is 0 Å². The van der Waals surface area contributed by atoms with Crippen LogP contribution in [0.5, 0.6) is 0 Å². The molecule has 64 valence electrons. The van der Waals surface area contributed by atoms with E-state index in [2.05, 4.69) is 28.1 Å². The minimum atomic E-state index is 0.815. The van der Waals surface area contributed by atoms with Crippen LogP contribution in [0, 0.1) is 0 Å². The van der Waals surface area contributed by atoms with Gasteiger partial charge in [0, 0.05) is 4.47 Å². The van der Waals surface area contributed by atoms with E-state index in [1.54, 1.807) is 5.56 Å². The van der Waals surface area contributed by atoms with E-state index >= 15 is 0 Å². The molecule has 13 heavy (non-hydrogen) atoms. The van der Waals surface area contributed by atoms with Gasteiger partial charge in [0.2, 0.25) is 0 Å². The fourth-order valence-corrected chi connectivity index (χ4v) is 3.24. The molecule has 2 atom stereocenters. The molecule has 2 heteroatoms. The Morgan fingerprint density at radius 1 is 1.15 bits per heavy atom. The molecular formula is C11H10BBr. The third kappa shape index (κ3) is 1.04. The van der Waals surface area contributed by atoms with Gasteiger partial charge in [-0.2, -0.15) is 0 Å². The largest absolute Gasteiger partial charge is 0.115 e. The first kappa shape index (κ1) is 8.10. The maximum Gasteiger partial charge on any atom is 0.115 e. The van der Waals surface area contributed by atoms with Crippen LogP contribution in [-0.2, 0) is 0 Å². The summed E-state index contributed by atoms with van der Waals surface area (Å²) in [6.07, 6.45) is 4.12. The normalized spacial score (nSPS) is 29.3. The van der Waals surface area contributed by atoms with Gasteiger partial charge in [-0.3, -0.25) is 0 Å². The van der Waals surface area contributed by atoms with Crippen molar-refractivity contribution in [3.63, 3.8) is 0 Å². The van der Waals surface area contributed by atoms with Crippen molar-refractivity contribution in [1.29, 1.82) is 0 Å². The Labute approximate surface area is 88.3 Å². The van der Waals surface area contributed by atoms with Crippen molar-refractivity contribution >= 4 is 29.2 Å². The van der Waals surface area contributed by atoms with E-state index < -0.39 is 0 Å². The molecule has 2 radical (unpaired) electrons. The van der Waals surface area contributed by atoms with Gasteiger partial charge in [0.1, 0.15) is 7.85 Å². The molecule has 0 amide bonds. The second kappa shape index (κ2) is 2.63. The van der Waals surface area contributed by atoms with E-state index in [0.717, 1.165) is 21.8 Å². The molecule has 1 saturated carbocycles. The molecule has 0 nitrogen and oxygen atoms in total. The second-order valence-corrected chi connectivity index (χ2v) is 5.06. The molecule has 0 heterocycles. The lowest BCUT2D eigenvalue weighted by Gasteiger charge is -2.16. The van der Waals surface area contributed by atoms with Gasteiger partial charge in [0.15, 0.2) is 0 Å². The van der Waals surface area contributed by atoms with E-state index in [9.17, 15) is 0 Å². The van der Waals surface area contributed by atoms with Crippen LogP contribution in [0.3, 0.4) is 0 Å². The summed E-state index contributed by atoms with van der Waals surface area (Å²) in [6.45, 7) is 0. The zero-order chi connectivity index (χ0) is 9.00. The molecule has 0 N–H and O–H groups in total. The lowest BCUT2D eigenvalue weighted by Crippen LogP contribution is -2.09. The Morgan fingerprint density at radius 2 is 1.77 bits per heavy atom. The van der Waals surface area contributed by atoms with Crippen LogP contribution >= 0.6 is 15.9 Å². The number of rotatable bonds is 0. The lowest BCUT2D eigenvalue weighted by molar-refractivity contribution is 0.717. The highest BCUT2D eigenvalue weighted by atomic mass is 79.9. The van der Waals surface area contributed by atoms with Gasteiger partial charge in [-0.25, -0.2) is 0 Å². The first-order valence-electron chi connectivity index (χ1n) is 4.84. The standard InChI is InChI=1S/C11H10BBr/c12-10-4-8-6-1-2-7(3-6)9(8)5-11(10)13/h4-7H,1-3H2. The molecule has 3 rings (SSSR count). The summed E-state index contributed by atoms with van der Waals surface area (Å²) in [5.74, 6) is 1.65. The Hall–Kier alpha value is -0.235. The second-order valence-electron chi connectivity index (χ2n) is 4.21. The first-order chi connectivity index (χ1) is 6.25. The highest BCUT2D eigenvalue weighted by Gasteiger charge is 2.36. The third-order valence-electron chi connectivity index (χ3n) is 3.51. The molecule has 0 aromatic heterocycles. The van der Waals surface area contributed by atoms with Crippen molar-refractivity contribution < 1.29 is 0 Å². The Morgan fingerprint density at radius 3 is 2.46 bits per heavy atom. The van der Waals surface area contributed by atoms with Gasteiger partial charge in [-0.1, -0.05) is 27.5 Å². The Kier molecular flexibility index (Phi) is 1.64. The molecule has 2 aliphatic carbocycles. The smallest absolute Gasteiger partial charge is 0.0824 e. The van der Waals surface area contributed by atoms with Gasteiger partial charge >= 0.3 is 0 Å². The Bertz CT molecular complexity index is 338. The summed E-state index contributed by atoms with van der Waals surface area (Å²) < 4.78 is 1.07. The monoisotopic (exact) mass is 232 g/mol. The van der Waals surface area contributed by atoms with E-state index in [1.807, 2.05) is 0 Å². The van der Waals surface area contributed by atoms with Crippen molar-refractivity contribution in [3.05, 3.63) is 27.7 Å². The van der Waals surface area contributed by atoms with Crippen LogP contribution in [-0.4, -0.2) is 7.85 Å². The molecule has 2 unspecified atom stereocenters.